The summed E-state index contributed by atoms with van der Waals surface area (Å²) in [5.74, 6) is 5.39. The second kappa shape index (κ2) is 7.78. The maximum absolute atomic E-state index is 12.1. The predicted molar refractivity (Wildman–Crippen MR) is 82.3 cm³/mol. The van der Waals surface area contributed by atoms with E-state index in [9.17, 15) is 13.2 Å². The second-order valence-electron chi connectivity index (χ2n) is 4.41. The Morgan fingerprint density at radius 3 is 2.67 bits per heavy atom. The molecule has 0 heterocycles. The third kappa shape index (κ3) is 5.95. The highest BCUT2D eigenvalue weighted by Gasteiger charge is 2.10. The van der Waals surface area contributed by atoms with E-state index in [2.05, 4.69) is 21.9 Å². The van der Waals surface area contributed by atoms with Gasteiger partial charge < -0.3 is 11.1 Å². The molecule has 0 atom stereocenters. The molecular formula is C14H19N3O3S. The molecule has 0 unspecified atom stereocenters. The quantitative estimate of drug-likeness (QED) is 0.508. The average Bonchev–Trinajstić information content (AvgIpc) is 2.41. The molecule has 7 heteroatoms. The molecule has 21 heavy (non-hydrogen) atoms. The van der Waals surface area contributed by atoms with Crippen molar-refractivity contribution in [1.82, 2.24) is 10.0 Å². The van der Waals surface area contributed by atoms with Gasteiger partial charge in [0.15, 0.2) is 0 Å². The van der Waals surface area contributed by atoms with Crippen LogP contribution in [0.1, 0.15) is 21.5 Å². The van der Waals surface area contributed by atoms with Crippen LogP contribution in [0, 0.1) is 18.8 Å². The summed E-state index contributed by atoms with van der Waals surface area (Å²) in [5.41, 5.74) is 7.37. The topological polar surface area (TPSA) is 101 Å². The first kappa shape index (κ1) is 17.2. The van der Waals surface area contributed by atoms with Gasteiger partial charge in [-0.1, -0.05) is 17.9 Å². The average molecular weight is 309 g/mol. The van der Waals surface area contributed by atoms with Crippen LogP contribution in [0.15, 0.2) is 18.2 Å². The van der Waals surface area contributed by atoms with Crippen LogP contribution in [0.2, 0.25) is 0 Å². The van der Waals surface area contributed by atoms with E-state index in [0.717, 1.165) is 17.4 Å². The molecule has 0 aliphatic rings. The van der Waals surface area contributed by atoms with Crippen molar-refractivity contribution in [2.45, 2.75) is 6.92 Å². The highest BCUT2D eigenvalue weighted by molar-refractivity contribution is 7.88. The van der Waals surface area contributed by atoms with Crippen molar-refractivity contribution in [3.63, 3.8) is 0 Å². The van der Waals surface area contributed by atoms with Gasteiger partial charge in [0.05, 0.1) is 12.8 Å². The minimum atomic E-state index is -3.24. The fourth-order valence-electron chi connectivity index (χ4n) is 1.67. The fraction of sp³-hybridized carbons (Fsp3) is 0.357. The number of hydrogen-bond acceptors (Lipinski definition) is 4. The normalized spacial score (nSPS) is 10.6. The maximum atomic E-state index is 12.1. The number of carbonyl (C=O) groups excluding carboxylic acids is 1. The second-order valence-corrected chi connectivity index (χ2v) is 6.24. The van der Waals surface area contributed by atoms with Gasteiger partial charge in [-0.3, -0.25) is 4.79 Å². The van der Waals surface area contributed by atoms with Crippen LogP contribution in [0.5, 0.6) is 0 Å². The van der Waals surface area contributed by atoms with Gasteiger partial charge in [-0.25, -0.2) is 13.1 Å². The van der Waals surface area contributed by atoms with Crippen molar-refractivity contribution in [2.24, 2.45) is 5.73 Å². The Bertz CT molecular complexity index is 672. The zero-order valence-corrected chi connectivity index (χ0v) is 12.9. The van der Waals surface area contributed by atoms with Gasteiger partial charge in [0.2, 0.25) is 10.0 Å². The van der Waals surface area contributed by atoms with Crippen molar-refractivity contribution in [2.75, 3.05) is 25.9 Å². The Morgan fingerprint density at radius 2 is 2.05 bits per heavy atom. The van der Waals surface area contributed by atoms with E-state index in [0.29, 0.717) is 5.56 Å². The van der Waals surface area contributed by atoms with Crippen molar-refractivity contribution in [3.8, 4) is 11.8 Å². The molecule has 0 aliphatic carbocycles. The minimum Gasteiger partial charge on any atom is -0.351 e. The summed E-state index contributed by atoms with van der Waals surface area (Å²) in [7, 11) is -3.24. The molecule has 114 valence electrons. The van der Waals surface area contributed by atoms with Crippen molar-refractivity contribution in [1.29, 1.82) is 0 Å². The van der Waals surface area contributed by atoms with Crippen LogP contribution in [-0.2, 0) is 10.0 Å². The first-order valence-electron chi connectivity index (χ1n) is 6.36. The summed E-state index contributed by atoms with van der Waals surface area (Å²) in [6.07, 6.45) is 1.07. The van der Waals surface area contributed by atoms with Crippen LogP contribution >= 0.6 is 0 Å². The van der Waals surface area contributed by atoms with E-state index in [1.54, 1.807) is 12.1 Å². The van der Waals surface area contributed by atoms with Gasteiger partial charge >= 0.3 is 0 Å². The Labute approximate surface area is 125 Å². The number of sulfonamides is 1. The molecule has 0 saturated heterocycles. The summed E-state index contributed by atoms with van der Waals surface area (Å²) >= 11 is 0. The highest BCUT2D eigenvalue weighted by Crippen LogP contribution is 2.12. The zero-order valence-electron chi connectivity index (χ0n) is 12.1. The number of benzene rings is 1. The van der Waals surface area contributed by atoms with E-state index in [4.69, 9.17) is 5.73 Å². The summed E-state index contributed by atoms with van der Waals surface area (Å²) < 4.78 is 24.1. The lowest BCUT2D eigenvalue weighted by Gasteiger charge is -2.09. The van der Waals surface area contributed by atoms with E-state index < -0.39 is 10.0 Å². The van der Waals surface area contributed by atoms with Gasteiger partial charge in [0.1, 0.15) is 0 Å². The molecule has 0 aliphatic heterocycles. The maximum Gasteiger partial charge on any atom is 0.251 e. The first-order chi connectivity index (χ1) is 9.85. The Morgan fingerprint density at radius 1 is 1.33 bits per heavy atom. The predicted octanol–water partition coefficient (Wildman–Crippen LogP) is -0.416. The molecule has 0 aromatic heterocycles. The molecule has 1 amide bonds. The summed E-state index contributed by atoms with van der Waals surface area (Å²) in [4.78, 5) is 12.1. The van der Waals surface area contributed by atoms with Crippen LogP contribution in [-0.4, -0.2) is 40.2 Å². The summed E-state index contributed by atoms with van der Waals surface area (Å²) in [5, 5.41) is 2.66. The van der Waals surface area contributed by atoms with Gasteiger partial charge in [0.25, 0.3) is 5.91 Å². The number of nitrogens with one attached hydrogen (secondary N) is 2. The van der Waals surface area contributed by atoms with Crippen molar-refractivity contribution >= 4 is 15.9 Å². The van der Waals surface area contributed by atoms with Crippen LogP contribution in [0.4, 0.5) is 0 Å². The third-order valence-electron chi connectivity index (χ3n) is 2.68. The molecule has 0 radical (unpaired) electrons. The summed E-state index contributed by atoms with van der Waals surface area (Å²) in [6.45, 7) is 2.43. The minimum absolute atomic E-state index is 0.149. The van der Waals surface area contributed by atoms with E-state index in [1.165, 1.54) is 0 Å². The number of amides is 1. The largest absolute Gasteiger partial charge is 0.351 e. The lowest BCUT2D eigenvalue weighted by atomic mass is 10.0. The monoisotopic (exact) mass is 309 g/mol. The molecule has 4 N–H and O–H groups in total. The van der Waals surface area contributed by atoms with Gasteiger partial charge in [0, 0.05) is 24.2 Å². The number of hydrogen-bond donors (Lipinski definition) is 3. The molecule has 1 aromatic rings. The molecular weight excluding hydrogens is 290 g/mol. The Kier molecular flexibility index (Phi) is 6.37. The van der Waals surface area contributed by atoms with E-state index in [-0.39, 0.29) is 25.5 Å². The van der Waals surface area contributed by atoms with Gasteiger partial charge in [-0.05, 0) is 24.6 Å². The zero-order chi connectivity index (χ0) is 15.9. The molecule has 0 bridgehead atoms. The number of nitrogens with two attached hydrogens (primary N) is 1. The molecule has 0 spiro atoms. The Balaban J connectivity index is 2.70. The number of carbonyl (C=O) groups is 1. The van der Waals surface area contributed by atoms with Crippen molar-refractivity contribution < 1.29 is 13.2 Å². The van der Waals surface area contributed by atoms with E-state index in [1.807, 2.05) is 13.0 Å². The lowest BCUT2D eigenvalue weighted by Crippen LogP contribution is -2.34. The van der Waals surface area contributed by atoms with Crippen LogP contribution in [0.3, 0.4) is 0 Å². The third-order valence-corrected chi connectivity index (χ3v) is 3.41. The van der Waals surface area contributed by atoms with Gasteiger partial charge in [-0.15, -0.1) is 0 Å². The molecule has 1 aromatic carbocycles. The first-order valence-corrected chi connectivity index (χ1v) is 8.25. The van der Waals surface area contributed by atoms with Crippen LogP contribution in [0.25, 0.3) is 0 Å². The molecule has 0 saturated carbocycles. The molecule has 6 nitrogen and oxygen atoms in total. The molecule has 1 rings (SSSR count). The van der Waals surface area contributed by atoms with Crippen molar-refractivity contribution in [3.05, 3.63) is 34.9 Å². The standard InChI is InChI=1S/C14H19N3O3S/c1-11-12(6-4-8-15)5-3-7-13(11)14(18)16-9-10-17-21(2,19)20/h3,5,7,17H,8-10,15H2,1-2H3,(H,16,18). The van der Waals surface area contributed by atoms with E-state index >= 15 is 0 Å². The van der Waals surface area contributed by atoms with Gasteiger partial charge in [-0.2, -0.15) is 0 Å². The molecule has 0 fully saturated rings. The lowest BCUT2D eigenvalue weighted by molar-refractivity contribution is 0.0953. The summed E-state index contributed by atoms with van der Waals surface area (Å²) in [6, 6.07) is 5.26. The fourth-order valence-corrected chi connectivity index (χ4v) is 2.14. The van der Waals surface area contributed by atoms with Crippen LogP contribution < -0.4 is 15.8 Å². The Hall–Kier alpha value is -1.88. The SMILES string of the molecule is Cc1c(C#CCN)cccc1C(=O)NCCNS(C)(=O)=O. The highest BCUT2D eigenvalue weighted by atomic mass is 32.2. The number of rotatable bonds is 5. The smallest absolute Gasteiger partial charge is 0.251 e.